The molecule has 0 bridgehead atoms. The van der Waals surface area contributed by atoms with Crippen LogP contribution < -0.4 is 4.74 Å². The first-order valence-corrected chi connectivity index (χ1v) is 8.35. The van der Waals surface area contributed by atoms with Gasteiger partial charge in [0.05, 0.1) is 12.7 Å². The number of rotatable bonds is 2. The van der Waals surface area contributed by atoms with E-state index >= 15 is 0 Å². The van der Waals surface area contributed by atoms with Crippen molar-refractivity contribution in [1.29, 1.82) is 0 Å². The van der Waals surface area contributed by atoms with Crippen molar-refractivity contribution in [2.45, 2.75) is 51.3 Å². The van der Waals surface area contributed by atoms with E-state index < -0.39 is 29.3 Å². The largest absolute Gasteiger partial charge is 0.496 e. The minimum atomic E-state index is -4.80. The zero-order chi connectivity index (χ0) is 19.7. The van der Waals surface area contributed by atoms with Gasteiger partial charge in [0.1, 0.15) is 17.2 Å². The van der Waals surface area contributed by atoms with Crippen LogP contribution in [0.1, 0.15) is 50.7 Å². The van der Waals surface area contributed by atoms with Gasteiger partial charge in [-0.3, -0.25) is 0 Å². The molecule has 1 unspecified atom stereocenters. The maximum atomic E-state index is 14.0. The molecule has 1 saturated heterocycles. The maximum absolute atomic E-state index is 14.0. The summed E-state index contributed by atoms with van der Waals surface area (Å²) in [6.45, 7) is 5.97. The molecule has 2 rings (SSSR count). The molecule has 1 heterocycles. The molecule has 0 aromatic heterocycles. The van der Waals surface area contributed by atoms with Crippen molar-refractivity contribution in [1.82, 2.24) is 4.90 Å². The van der Waals surface area contributed by atoms with Crippen molar-refractivity contribution >= 4 is 6.09 Å². The summed E-state index contributed by atoms with van der Waals surface area (Å²) in [5, 5.41) is 0. The number of ether oxygens (including phenoxy) is 2. The number of hydrogen-bond donors (Lipinski definition) is 0. The van der Waals surface area contributed by atoms with Crippen molar-refractivity contribution in [2.75, 3.05) is 20.2 Å². The molecule has 0 radical (unpaired) electrons. The molecule has 1 fully saturated rings. The second-order valence-corrected chi connectivity index (χ2v) is 7.34. The number of nitrogens with zero attached hydrogens (tertiary/aromatic N) is 1. The Bertz CT molecular complexity index is 668. The van der Waals surface area contributed by atoms with Crippen molar-refractivity contribution in [2.24, 2.45) is 0 Å². The van der Waals surface area contributed by atoms with Gasteiger partial charge in [-0.15, -0.1) is 0 Å². The lowest BCUT2D eigenvalue weighted by molar-refractivity contribution is -0.140. The highest BCUT2D eigenvalue weighted by Crippen LogP contribution is 2.40. The Morgan fingerprint density at radius 1 is 1.23 bits per heavy atom. The van der Waals surface area contributed by atoms with Gasteiger partial charge in [-0.2, -0.15) is 13.2 Å². The predicted molar refractivity (Wildman–Crippen MR) is 87.7 cm³/mol. The zero-order valence-electron chi connectivity index (χ0n) is 15.2. The van der Waals surface area contributed by atoms with E-state index in [-0.39, 0.29) is 18.2 Å². The molecule has 0 N–H and O–H groups in total. The number of hydrogen-bond acceptors (Lipinski definition) is 3. The number of carbonyl (C=O) groups is 1. The number of piperidine rings is 1. The van der Waals surface area contributed by atoms with Gasteiger partial charge in [0.25, 0.3) is 0 Å². The number of alkyl halides is 3. The van der Waals surface area contributed by atoms with E-state index in [4.69, 9.17) is 9.47 Å². The van der Waals surface area contributed by atoms with Gasteiger partial charge in [0.15, 0.2) is 0 Å². The van der Waals surface area contributed by atoms with E-state index in [1.165, 1.54) is 12.0 Å². The van der Waals surface area contributed by atoms with E-state index in [0.717, 1.165) is 6.07 Å². The van der Waals surface area contributed by atoms with Crippen LogP contribution in [0.5, 0.6) is 5.75 Å². The van der Waals surface area contributed by atoms with E-state index in [2.05, 4.69) is 0 Å². The summed E-state index contributed by atoms with van der Waals surface area (Å²) in [6, 6.07) is 1.54. The predicted octanol–water partition coefficient (Wildman–Crippen LogP) is 4.97. The minimum Gasteiger partial charge on any atom is -0.496 e. The molecule has 1 aromatic rings. The molecule has 8 heteroatoms. The Balaban J connectivity index is 2.27. The van der Waals surface area contributed by atoms with Gasteiger partial charge in [-0.1, -0.05) is 0 Å². The summed E-state index contributed by atoms with van der Waals surface area (Å²) in [5.74, 6) is -1.71. The van der Waals surface area contributed by atoms with Crippen molar-refractivity contribution in [3.8, 4) is 5.75 Å². The number of amides is 1. The summed E-state index contributed by atoms with van der Waals surface area (Å²) >= 11 is 0. The number of methoxy groups -OCH3 is 1. The first-order chi connectivity index (χ1) is 11.9. The molecule has 146 valence electrons. The van der Waals surface area contributed by atoms with Gasteiger partial charge in [0, 0.05) is 24.6 Å². The SMILES string of the molecule is COc1cc(C(F)(F)F)c(F)cc1C1CCCN(C(=O)OC(C)(C)C)C1. The van der Waals surface area contributed by atoms with Crippen LogP contribution in [0.15, 0.2) is 12.1 Å². The molecule has 0 saturated carbocycles. The number of carbonyl (C=O) groups excluding carboxylic acids is 1. The Kier molecular flexibility index (Phi) is 5.73. The summed E-state index contributed by atoms with van der Waals surface area (Å²) < 4.78 is 63.1. The highest BCUT2D eigenvalue weighted by Gasteiger charge is 2.37. The lowest BCUT2D eigenvalue weighted by Gasteiger charge is -2.34. The zero-order valence-corrected chi connectivity index (χ0v) is 15.2. The van der Waals surface area contributed by atoms with Gasteiger partial charge in [-0.05, 0) is 45.7 Å². The Labute approximate surface area is 150 Å². The molecule has 0 spiro atoms. The van der Waals surface area contributed by atoms with Gasteiger partial charge in [0.2, 0.25) is 0 Å². The summed E-state index contributed by atoms with van der Waals surface area (Å²) in [5.41, 5.74) is -1.69. The third-order valence-corrected chi connectivity index (χ3v) is 4.14. The van der Waals surface area contributed by atoms with Crippen LogP contribution in [0, 0.1) is 5.82 Å². The van der Waals surface area contributed by atoms with Crippen LogP contribution >= 0.6 is 0 Å². The van der Waals surface area contributed by atoms with Crippen LogP contribution in [-0.4, -0.2) is 36.8 Å². The second kappa shape index (κ2) is 7.32. The lowest BCUT2D eigenvalue weighted by atomic mass is 9.89. The standard InChI is InChI=1S/C18H23F4NO3/c1-17(2,3)26-16(24)23-7-5-6-11(10-23)12-8-14(19)13(18(20,21)22)9-15(12)25-4/h8-9,11H,5-7,10H2,1-4H3. The van der Waals surface area contributed by atoms with Gasteiger partial charge >= 0.3 is 12.3 Å². The quantitative estimate of drug-likeness (QED) is 0.683. The fourth-order valence-corrected chi connectivity index (χ4v) is 3.01. The molecule has 4 nitrogen and oxygen atoms in total. The topological polar surface area (TPSA) is 38.8 Å². The molecule has 26 heavy (non-hydrogen) atoms. The van der Waals surface area contributed by atoms with Crippen LogP contribution in [0.4, 0.5) is 22.4 Å². The summed E-state index contributed by atoms with van der Waals surface area (Å²) in [7, 11) is 1.24. The maximum Gasteiger partial charge on any atom is 0.419 e. The monoisotopic (exact) mass is 377 g/mol. The van der Waals surface area contributed by atoms with E-state index in [1.807, 2.05) is 0 Å². The highest BCUT2D eigenvalue weighted by atomic mass is 19.4. The van der Waals surface area contributed by atoms with Gasteiger partial charge in [-0.25, -0.2) is 9.18 Å². The minimum absolute atomic E-state index is 0.0326. The molecular weight excluding hydrogens is 354 g/mol. The first kappa shape index (κ1) is 20.3. The third-order valence-electron chi connectivity index (χ3n) is 4.14. The molecule has 1 aliphatic heterocycles. The van der Waals surface area contributed by atoms with Crippen molar-refractivity contribution in [3.05, 3.63) is 29.1 Å². The van der Waals surface area contributed by atoms with E-state index in [0.29, 0.717) is 31.0 Å². The van der Waals surface area contributed by atoms with Gasteiger partial charge < -0.3 is 14.4 Å². The Morgan fingerprint density at radius 2 is 1.88 bits per heavy atom. The molecule has 1 aliphatic rings. The molecule has 0 aliphatic carbocycles. The fourth-order valence-electron chi connectivity index (χ4n) is 3.01. The number of likely N-dealkylation sites (tertiary alicyclic amines) is 1. The Morgan fingerprint density at radius 3 is 2.42 bits per heavy atom. The van der Waals surface area contributed by atoms with Crippen LogP contribution in [0.3, 0.4) is 0 Å². The third kappa shape index (κ3) is 4.80. The molecule has 1 atom stereocenters. The van der Waals surface area contributed by atoms with Crippen LogP contribution in [-0.2, 0) is 10.9 Å². The van der Waals surface area contributed by atoms with Crippen molar-refractivity contribution in [3.63, 3.8) is 0 Å². The number of halogens is 4. The van der Waals surface area contributed by atoms with Crippen molar-refractivity contribution < 1.29 is 31.8 Å². The van der Waals surface area contributed by atoms with E-state index in [1.54, 1.807) is 20.8 Å². The summed E-state index contributed by atoms with van der Waals surface area (Å²) in [6.07, 6.45) is -4.05. The average molecular weight is 377 g/mol. The molecular formula is C18H23F4NO3. The molecule has 1 amide bonds. The van der Waals surface area contributed by atoms with Crippen LogP contribution in [0.2, 0.25) is 0 Å². The molecule has 1 aromatic carbocycles. The first-order valence-electron chi connectivity index (χ1n) is 8.35. The van der Waals surface area contributed by atoms with E-state index in [9.17, 15) is 22.4 Å². The number of benzene rings is 1. The van der Waals surface area contributed by atoms with Crippen LogP contribution in [0.25, 0.3) is 0 Å². The highest BCUT2D eigenvalue weighted by molar-refractivity contribution is 5.68. The smallest absolute Gasteiger partial charge is 0.419 e. The summed E-state index contributed by atoms with van der Waals surface area (Å²) in [4.78, 5) is 13.7. The second-order valence-electron chi connectivity index (χ2n) is 7.34. The lowest BCUT2D eigenvalue weighted by Crippen LogP contribution is -2.42. The fraction of sp³-hybridized carbons (Fsp3) is 0.611. The average Bonchev–Trinajstić information content (AvgIpc) is 2.52. The Hall–Kier alpha value is -1.99. The normalized spacial score (nSPS) is 18.6.